The highest BCUT2D eigenvalue weighted by atomic mass is 35.5. The first-order chi connectivity index (χ1) is 15.0. The van der Waals surface area contributed by atoms with Crippen molar-refractivity contribution in [3.63, 3.8) is 0 Å². The molecule has 3 aliphatic rings. The number of amides is 2. The molecule has 3 aliphatic heterocycles. The van der Waals surface area contributed by atoms with Crippen molar-refractivity contribution >= 4 is 29.1 Å². The van der Waals surface area contributed by atoms with E-state index in [1.54, 1.807) is 29.3 Å². The number of fused-ring (bicyclic) bond motifs is 1. The lowest BCUT2D eigenvalue weighted by molar-refractivity contribution is -0.186. The number of para-hydroxylation sites is 1. The molecule has 2 fully saturated rings. The van der Waals surface area contributed by atoms with E-state index in [9.17, 15) is 9.59 Å². The van der Waals surface area contributed by atoms with Crippen molar-refractivity contribution in [3.8, 4) is 0 Å². The number of benzene rings is 1. The van der Waals surface area contributed by atoms with E-state index in [1.165, 1.54) is 0 Å². The van der Waals surface area contributed by atoms with Crippen molar-refractivity contribution in [1.82, 2.24) is 19.4 Å². The molecule has 2 amide bonds. The first-order valence-corrected chi connectivity index (χ1v) is 10.8. The second-order valence-electron chi connectivity index (χ2n) is 8.47. The number of anilines is 1. The molecule has 2 saturated heterocycles. The zero-order valence-corrected chi connectivity index (χ0v) is 17.8. The third kappa shape index (κ3) is 3.98. The third-order valence-electron chi connectivity index (χ3n) is 6.09. The van der Waals surface area contributed by atoms with Crippen LogP contribution in [0.2, 0.25) is 5.02 Å². The van der Waals surface area contributed by atoms with E-state index in [0.29, 0.717) is 47.3 Å². The number of imidazole rings is 1. The second kappa shape index (κ2) is 8.11. The minimum absolute atomic E-state index is 0.0291. The molecule has 1 spiro atoms. The van der Waals surface area contributed by atoms with E-state index >= 15 is 0 Å². The highest BCUT2D eigenvalue weighted by Crippen LogP contribution is 2.37. The van der Waals surface area contributed by atoms with Crippen LogP contribution in [-0.4, -0.2) is 70.6 Å². The fourth-order valence-corrected chi connectivity index (χ4v) is 4.57. The van der Waals surface area contributed by atoms with Gasteiger partial charge in [0.1, 0.15) is 11.5 Å². The van der Waals surface area contributed by atoms with E-state index < -0.39 is 0 Å². The van der Waals surface area contributed by atoms with Gasteiger partial charge in [0.15, 0.2) is 0 Å². The minimum Gasteiger partial charge on any atom is -0.380 e. The fourth-order valence-electron chi connectivity index (χ4n) is 4.39. The van der Waals surface area contributed by atoms with Gasteiger partial charge in [-0.3, -0.25) is 14.5 Å². The highest BCUT2D eigenvalue weighted by molar-refractivity contribution is 6.33. The average Bonchev–Trinajstić information content (AvgIpc) is 3.13. The quantitative estimate of drug-likeness (QED) is 0.718. The number of ether oxygens (including phenoxy) is 1. The van der Waals surface area contributed by atoms with Gasteiger partial charge in [0.25, 0.3) is 5.91 Å². The van der Waals surface area contributed by atoms with Gasteiger partial charge in [0.2, 0.25) is 5.91 Å². The Labute approximate surface area is 185 Å². The Hall–Kier alpha value is -2.68. The van der Waals surface area contributed by atoms with Crippen LogP contribution < -0.4 is 5.32 Å². The lowest BCUT2D eigenvalue weighted by atomic mass is 9.78. The van der Waals surface area contributed by atoms with E-state index in [-0.39, 0.29) is 11.8 Å². The number of halogens is 1. The number of hydrogen-bond acceptors (Lipinski definition) is 5. The molecule has 0 radical (unpaired) electrons. The highest BCUT2D eigenvalue weighted by Gasteiger charge is 2.48. The Morgan fingerprint density at radius 2 is 2.03 bits per heavy atom. The van der Waals surface area contributed by atoms with Crippen molar-refractivity contribution in [1.29, 1.82) is 0 Å². The van der Waals surface area contributed by atoms with Crippen LogP contribution >= 0.6 is 11.6 Å². The lowest BCUT2D eigenvalue weighted by Crippen LogP contribution is -2.65. The van der Waals surface area contributed by atoms with Gasteiger partial charge in [0, 0.05) is 44.2 Å². The van der Waals surface area contributed by atoms with Gasteiger partial charge >= 0.3 is 0 Å². The smallest absolute Gasteiger partial charge is 0.273 e. The molecular formula is C22H24ClN5O3. The van der Waals surface area contributed by atoms with E-state index in [4.69, 9.17) is 16.3 Å². The van der Waals surface area contributed by atoms with Crippen LogP contribution in [0, 0.1) is 5.41 Å². The maximum absolute atomic E-state index is 12.7. The second-order valence-corrected chi connectivity index (χ2v) is 8.88. The van der Waals surface area contributed by atoms with Gasteiger partial charge in [-0.15, -0.1) is 0 Å². The van der Waals surface area contributed by atoms with Gasteiger partial charge in [0.05, 0.1) is 36.7 Å². The maximum atomic E-state index is 12.7. The summed E-state index contributed by atoms with van der Waals surface area (Å²) in [7, 11) is 0. The molecule has 31 heavy (non-hydrogen) atoms. The monoisotopic (exact) mass is 441 g/mol. The third-order valence-corrected chi connectivity index (χ3v) is 6.42. The number of aromatic nitrogens is 2. The van der Waals surface area contributed by atoms with Gasteiger partial charge in [-0.25, -0.2) is 4.98 Å². The van der Waals surface area contributed by atoms with Crippen LogP contribution in [0.25, 0.3) is 0 Å². The Kier molecular flexibility index (Phi) is 5.29. The molecule has 2 aromatic rings. The molecule has 4 heterocycles. The predicted molar refractivity (Wildman–Crippen MR) is 116 cm³/mol. The molecule has 1 aromatic carbocycles. The lowest BCUT2D eigenvalue weighted by Gasteiger charge is -2.54. The van der Waals surface area contributed by atoms with Crippen molar-refractivity contribution in [2.75, 3.05) is 44.7 Å². The van der Waals surface area contributed by atoms with Crippen molar-refractivity contribution < 1.29 is 14.3 Å². The van der Waals surface area contributed by atoms with Crippen molar-refractivity contribution in [2.24, 2.45) is 5.41 Å². The Morgan fingerprint density at radius 3 is 2.77 bits per heavy atom. The molecule has 0 aliphatic carbocycles. The first kappa shape index (κ1) is 20.2. The van der Waals surface area contributed by atoms with Crippen molar-refractivity contribution in [2.45, 2.75) is 13.1 Å². The molecule has 5 rings (SSSR count). The Bertz CT molecular complexity index is 1040. The SMILES string of the molecule is O=C(Nc1ccccc1Cl)c1cnc2n1CCN(C(=O)/C=C/CN1CC3(COC3)C1)C2. The molecule has 8 nitrogen and oxygen atoms in total. The maximum Gasteiger partial charge on any atom is 0.273 e. The van der Waals surface area contributed by atoms with Gasteiger partial charge in [-0.05, 0) is 12.1 Å². The summed E-state index contributed by atoms with van der Waals surface area (Å²) < 4.78 is 7.15. The molecule has 0 unspecified atom stereocenters. The zero-order chi connectivity index (χ0) is 21.4. The van der Waals surface area contributed by atoms with Gasteiger partial charge in [-0.2, -0.15) is 0 Å². The summed E-state index contributed by atoms with van der Waals surface area (Å²) in [6.45, 7) is 6.04. The van der Waals surface area contributed by atoms with E-state index in [0.717, 1.165) is 32.8 Å². The molecule has 162 valence electrons. The summed E-state index contributed by atoms with van der Waals surface area (Å²) in [6, 6.07) is 7.09. The van der Waals surface area contributed by atoms with Gasteiger partial charge < -0.3 is 19.5 Å². The Balaban J connectivity index is 1.16. The van der Waals surface area contributed by atoms with Gasteiger partial charge in [-0.1, -0.05) is 29.8 Å². The first-order valence-electron chi connectivity index (χ1n) is 10.4. The molecule has 0 bridgehead atoms. The number of nitrogens with zero attached hydrogens (tertiary/aromatic N) is 4. The molecular weight excluding hydrogens is 418 g/mol. The van der Waals surface area contributed by atoms with Crippen molar-refractivity contribution in [3.05, 3.63) is 59.2 Å². The topological polar surface area (TPSA) is 79.7 Å². The summed E-state index contributed by atoms with van der Waals surface area (Å²) in [4.78, 5) is 33.7. The number of hydrogen-bond donors (Lipinski definition) is 1. The predicted octanol–water partition coefficient (Wildman–Crippen LogP) is 2.02. The number of rotatable bonds is 5. The van der Waals surface area contributed by atoms with Crippen LogP contribution in [0.4, 0.5) is 5.69 Å². The normalized spacial score (nSPS) is 19.7. The van der Waals surface area contributed by atoms with E-state index in [2.05, 4.69) is 15.2 Å². The molecule has 9 heteroatoms. The summed E-state index contributed by atoms with van der Waals surface area (Å²) in [5.74, 6) is 0.404. The number of carbonyl (C=O) groups is 2. The van der Waals surface area contributed by atoms with E-state index in [1.807, 2.05) is 22.8 Å². The Morgan fingerprint density at radius 1 is 1.23 bits per heavy atom. The van der Waals surface area contributed by atoms with Crippen LogP contribution in [0.3, 0.4) is 0 Å². The van der Waals surface area contributed by atoms with Crippen LogP contribution in [0.5, 0.6) is 0 Å². The molecule has 1 aromatic heterocycles. The summed E-state index contributed by atoms with van der Waals surface area (Å²) in [6.07, 6.45) is 5.12. The summed E-state index contributed by atoms with van der Waals surface area (Å²) in [5.41, 5.74) is 1.40. The van der Waals surface area contributed by atoms with Crippen LogP contribution in [0.1, 0.15) is 16.3 Å². The fraction of sp³-hybridized carbons (Fsp3) is 0.409. The van der Waals surface area contributed by atoms with Crippen LogP contribution in [-0.2, 0) is 22.6 Å². The average molecular weight is 442 g/mol. The largest absolute Gasteiger partial charge is 0.380 e. The summed E-state index contributed by atoms with van der Waals surface area (Å²) in [5, 5.41) is 3.30. The zero-order valence-electron chi connectivity index (χ0n) is 17.1. The number of nitrogens with one attached hydrogen (secondary N) is 1. The molecule has 0 atom stereocenters. The molecule has 1 N–H and O–H groups in total. The summed E-state index contributed by atoms with van der Waals surface area (Å²) >= 11 is 6.13. The standard InChI is InChI=1S/C22H24ClN5O3/c23-16-4-1-2-5-17(16)25-21(30)18-10-24-19-11-27(8-9-28(18)19)20(29)6-3-7-26-12-22(13-26)14-31-15-22/h1-6,10H,7-9,11-15H2,(H,25,30)/b6-3+. The molecule has 0 saturated carbocycles. The van der Waals surface area contributed by atoms with Crippen LogP contribution in [0.15, 0.2) is 42.6 Å². The minimum atomic E-state index is -0.268. The number of likely N-dealkylation sites (tertiary alicyclic amines) is 1. The number of carbonyl (C=O) groups excluding carboxylic acids is 2.